The third-order valence-corrected chi connectivity index (χ3v) is 16.7. The fourth-order valence-electron chi connectivity index (χ4n) is 12.2. The van der Waals surface area contributed by atoms with E-state index >= 15 is 0 Å². The van der Waals surface area contributed by atoms with E-state index in [1.165, 1.54) is 75.2 Å². The number of amides is 5. The second kappa shape index (κ2) is 28.7. The van der Waals surface area contributed by atoms with Gasteiger partial charge in [-0.15, -0.1) is 0 Å². The zero-order valence-electron chi connectivity index (χ0n) is 51.1. The monoisotopic (exact) mass is 1200 g/mol. The Labute approximate surface area is 521 Å². The molecule has 0 unspecified atom stereocenters. The predicted octanol–water partition coefficient (Wildman–Crippen LogP) is 13.7. The molecule has 8 aromatic carbocycles. The first-order valence-corrected chi connectivity index (χ1v) is 29.8. The van der Waals surface area contributed by atoms with E-state index in [1.807, 2.05) is 19.1 Å². The second-order valence-corrected chi connectivity index (χ2v) is 23.2. The van der Waals surface area contributed by atoms with Gasteiger partial charge in [0.2, 0.25) is 5.91 Å². The summed E-state index contributed by atoms with van der Waals surface area (Å²) in [6, 6.07) is 45.3. The predicted molar refractivity (Wildman–Crippen MR) is 348 cm³/mol. The van der Waals surface area contributed by atoms with Gasteiger partial charge in [-0.25, -0.2) is 0 Å². The van der Waals surface area contributed by atoms with Crippen LogP contribution >= 0.6 is 0 Å². The van der Waals surface area contributed by atoms with E-state index in [-0.39, 0.29) is 101 Å². The number of carbonyl (C=O) groups excluding carboxylic acids is 5. The molecule has 5 amide bonds. The van der Waals surface area contributed by atoms with Crippen molar-refractivity contribution in [2.75, 3.05) is 12.4 Å². The molecule has 4 aliphatic carbocycles. The first kappa shape index (κ1) is 65.1. The molecule has 0 bridgehead atoms. The number of anilines is 1. The van der Waals surface area contributed by atoms with Crippen LogP contribution in [-0.2, 0) is 30.5 Å². The summed E-state index contributed by atoms with van der Waals surface area (Å²) in [5, 5.41) is 54.8. The molecule has 0 aromatic heterocycles. The number of methoxy groups -OCH3 is 1. The van der Waals surface area contributed by atoms with Gasteiger partial charge in [0, 0.05) is 6.92 Å². The molecule has 4 aliphatic rings. The van der Waals surface area contributed by atoms with E-state index in [0.717, 1.165) is 62.5 Å². The van der Waals surface area contributed by atoms with E-state index in [9.17, 15) is 44.4 Å². The molecule has 9 N–H and O–H groups in total. The molecule has 0 fully saturated rings. The van der Waals surface area contributed by atoms with Gasteiger partial charge in [0.25, 0.3) is 23.6 Å². The number of ether oxygens (including phenoxy) is 1. The summed E-state index contributed by atoms with van der Waals surface area (Å²) in [4.78, 5) is 61.0. The van der Waals surface area contributed by atoms with Crippen molar-refractivity contribution in [2.45, 2.75) is 131 Å². The molecule has 0 aliphatic heterocycles. The van der Waals surface area contributed by atoms with Crippen LogP contribution in [0.5, 0.6) is 28.7 Å². The van der Waals surface area contributed by atoms with Crippen LogP contribution in [-0.4, -0.2) is 57.1 Å². The van der Waals surface area contributed by atoms with E-state index in [1.54, 1.807) is 73.7 Å². The van der Waals surface area contributed by atoms with Gasteiger partial charge in [0.1, 0.15) is 11.5 Å². The SMILES string of the molecule is C.CC(=O)Nc1cccc(C(=O)N[C@@H]2CCc3cc(C)ccc32)c1O.COc1cccc(C(=O)N[C@@H]2CCc3cc(C)ccc32)c1O.Cc1ccc2c(c1)CC[C@H]2NC(=O)c1c(C)cccc1O.Cc1ccc2c(c1)CC[C@H]2NC(=O)c1cccc(C)c1O. The molecule has 8 aromatic rings. The van der Waals surface area contributed by atoms with Crippen molar-refractivity contribution in [3.05, 3.63) is 246 Å². The Kier molecular flexibility index (Phi) is 21.0. The van der Waals surface area contributed by atoms with Crippen molar-refractivity contribution >= 4 is 35.2 Å². The van der Waals surface area contributed by atoms with Crippen LogP contribution < -0.4 is 31.3 Å². The highest BCUT2D eigenvalue weighted by Crippen LogP contribution is 2.38. The van der Waals surface area contributed by atoms with Crippen LogP contribution in [0.25, 0.3) is 0 Å². The quantitative estimate of drug-likeness (QED) is 0.0587. The van der Waals surface area contributed by atoms with Crippen LogP contribution in [0.4, 0.5) is 5.69 Å². The molecule has 89 heavy (non-hydrogen) atoms. The largest absolute Gasteiger partial charge is 0.507 e. The molecule has 12 rings (SSSR count). The van der Waals surface area contributed by atoms with Gasteiger partial charge in [-0.1, -0.05) is 139 Å². The molecule has 15 heteroatoms. The van der Waals surface area contributed by atoms with Crippen molar-refractivity contribution in [1.29, 1.82) is 0 Å². The minimum Gasteiger partial charge on any atom is -0.507 e. The van der Waals surface area contributed by atoms with Gasteiger partial charge in [0.05, 0.1) is 59.2 Å². The summed E-state index contributed by atoms with van der Waals surface area (Å²) in [7, 11) is 1.46. The lowest BCUT2D eigenvalue weighted by molar-refractivity contribution is -0.114. The van der Waals surface area contributed by atoms with Crippen LogP contribution in [0.3, 0.4) is 0 Å². The maximum atomic E-state index is 12.6. The van der Waals surface area contributed by atoms with E-state index in [0.29, 0.717) is 22.4 Å². The molecule has 0 heterocycles. The van der Waals surface area contributed by atoms with Crippen LogP contribution in [0, 0.1) is 41.5 Å². The Morgan fingerprint density at radius 2 is 0.764 bits per heavy atom. The van der Waals surface area contributed by atoms with Gasteiger partial charge < -0.3 is 51.7 Å². The molecular weight excluding hydrogens is 1120 g/mol. The molecule has 0 saturated carbocycles. The number of nitrogens with one attached hydrogen (secondary N) is 5. The average molecular weight is 1200 g/mol. The highest BCUT2D eigenvalue weighted by Gasteiger charge is 2.30. The number of rotatable bonds is 10. The first-order chi connectivity index (χ1) is 42.2. The summed E-state index contributed by atoms with van der Waals surface area (Å²) < 4.78 is 5.05. The number of aromatic hydroxyl groups is 4. The van der Waals surface area contributed by atoms with Crippen molar-refractivity contribution in [3.8, 4) is 28.7 Å². The van der Waals surface area contributed by atoms with E-state index < -0.39 is 0 Å². The second-order valence-electron chi connectivity index (χ2n) is 23.2. The van der Waals surface area contributed by atoms with Crippen molar-refractivity contribution < 1.29 is 49.1 Å². The van der Waals surface area contributed by atoms with E-state index in [4.69, 9.17) is 4.74 Å². The minimum absolute atomic E-state index is 0. The fourth-order valence-corrected chi connectivity index (χ4v) is 12.2. The Bertz CT molecular complexity index is 3950. The highest BCUT2D eigenvalue weighted by atomic mass is 16.5. The number of carbonyl (C=O) groups is 5. The maximum Gasteiger partial charge on any atom is 0.255 e. The summed E-state index contributed by atoms with van der Waals surface area (Å²) in [5.41, 5.74) is 17.6. The lowest BCUT2D eigenvalue weighted by Crippen LogP contribution is -2.27. The molecule has 462 valence electrons. The lowest BCUT2D eigenvalue weighted by atomic mass is 10.0. The number of phenols is 4. The summed E-state index contributed by atoms with van der Waals surface area (Å²) in [5.74, 6) is -1.28. The molecule has 0 radical (unpaired) electrons. The van der Waals surface area contributed by atoms with Crippen molar-refractivity contribution in [3.63, 3.8) is 0 Å². The number of para-hydroxylation sites is 3. The van der Waals surface area contributed by atoms with Crippen molar-refractivity contribution in [2.24, 2.45) is 0 Å². The smallest absolute Gasteiger partial charge is 0.255 e. The molecule has 0 spiro atoms. The first-order valence-electron chi connectivity index (χ1n) is 29.8. The van der Waals surface area contributed by atoms with Gasteiger partial charge in [-0.05, 0) is 185 Å². The third kappa shape index (κ3) is 15.3. The highest BCUT2D eigenvalue weighted by molar-refractivity contribution is 6.01. The third-order valence-electron chi connectivity index (χ3n) is 16.7. The summed E-state index contributed by atoms with van der Waals surface area (Å²) in [6.07, 6.45) is 7.43. The number of aryl methyl sites for hydroxylation is 10. The average Bonchev–Trinajstić information content (AvgIpc) is 3.05. The van der Waals surface area contributed by atoms with Crippen LogP contribution in [0.15, 0.2) is 146 Å². The standard InChI is InChI=1S/C19H20N2O3.C18H19NO3.2C18H19NO2.CH4/c1-11-6-8-14-13(10-11)7-9-16(14)21-19(24)15-4-3-5-17(18(15)23)20-12(2)22;1-11-6-8-13-12(10-11)7-9-15(13)19-18(21)14-4-3-5-16(22-2)17(14)20;1-11-6-8-14-13(10-11)7-9-15(14)19-18(21)17-12(2)4-3-5-16(17)20;1-11-6-8-14-13(10-11)7-9-16(14)19-18(21)15-5-3-4-12(2)17(15)20;/h3-6,8,10,16,23H,7,9H2,1-2H3,(H,20,22)(H,21,24);3-6,8,10,15,20H,7,9H2,1-2H3,(H,19,21);3-6,8,10,15,20H,7,9H2,1-2H3,(H,19,21);3-6,8,10,16,20H,7,9H2,1-2H3,(H,19,21);1H4/t16-;2*15-;16-;/m1111./s1. The van der Waals surface area contributed by atoms with Gasteiger partial charge >= 0.3 is 0 Å². The molecule has 4 atom stereocenters. The van der Waals surface area contributed by atoms with Gasteiger partial charge in [-0.2, -0.15) is 0 Å². The number of fused-ring (bicyclic) bond motifs is 4. The number of phenolic OH excluding ortho intramolecular Hbond substituents is 4. The zero-order valence-corrected chi connectivity index (χ0v) is 51.1. The zero-order chi connectivity index (χ0) is 62.9. The normalized spacial score (nSPS) is 16.0. The number of hydrogen-bond acceptors (Lipinski definition) is 10. The molecule has 15 nitrogen and oxygen atoms in total. The Morgan fingerprint density at radius 1 is 0.416 bits per heavy atom. The Hall–Kier alpha value is -9.89. The molecule has 0 saturated heterocycles. The minimum atomic E-state index is -0.349. The molecular formula is C74H81N5O10. The lowest BCUT2D eigenvalue weighted by Gasteiger charge is -2.16. The maximum absolute atomic E-state index is 12.6. The van der Waals surface area contributed by atoms with Crippen LogP contribution in [0.1, 0.15) is 184 Å². The van der Waals surface area contributed by atoms with Crippen molar-refractivity contribution in [1.82, 2.24) is 21.3 Å². The Morgan fingerprint density at radius 3 is 1.16 bits per heavy atom. The summed E-state index contributed by atoms with van der Waals surface area (Å²) >= 11 is 0. The van der Waals surface area contributed by atoms with Gasteiger partial charge in [0.15, 0.2) is 17.2 Å². The fraction of sp³-hybridized carbons (Fsp3) is 0.284. The Balaban J connectivity index is 0.000000153. The van der Waals surface area contributed by atoms with E-state index in [2.05, 4.69) is 121 Å². The summed E-state index contributed by atoms with van der Waals surface area (Å²) in [6.45, 7) is 13.3. The number of benzene rings is 8. The topological polar surface area (TPSA) is 236 Å². The van der Waals surface area contributed by atoms with Crippen LogP contribution in [0.2, 0.25) is 0 Å². The van der Waals surface area contributed by atoms with Gasteiger partial charge in [-0.3, -0.25) is 24.0 Å². The number of hydrogen-bond donors (Lipinski definition) is 9.